The number of rotatable bonds is 2. The van der Waals surface area contributed by atoms with Crippen LogP contribution in [0.25, 0.3) is 0 Å². The van der Waals surface area contributed by atoms with E-state index in [1.165, 1.54) is 0 Å². The number of likely N-dealkylation sites (N-methyl/N-ethyl adjacent to an activating group) is 1. The molecule has 1 saturated heterocycles. The van der Waals surface area contributed by atoms with E-state index in [0.717, 1.165) is 19.4 Å². The molecule has 3 unspecified atom stereocenters. The van der Waals surface area contributed by atoms with Crippen LogP contribution >= 0.6 is 12.4 Å². The molecule has 2 fully saturated rings. The van der Waals surface area contributed by atoms with Gasteiger partial charge in [0.15, 0.2) is 0 Å². The number of amides is 1. The molecule has 2 N–H and O–H groups in total. The maximum atomic E-state index is 12.7. The fourth-order valence-corrected chi connectivity index (χ4v) is 3.54. The standard InChI is InChI=1S/C14H26N2O2.ClH/c1-9(2)16(5)12(17)14(15)10-7-6-8-18-11(10)13(14,3)4;/h9-11H,6-8,15H2,1-5H3;1H. The molecule has 1 amide bonds. The molecule has 2 rings (SSSR count). The van der Waals surface area contributed by atoms with Gasteiger partial charge in [-0.15, -0.1) is 12.4 Å². The van der Waals surface area contributed by atoms with Crippen LogP contribution in [-0.4, -0.2) is 42.1 Å². The van der Waals surface area contributed by atoms with E-state index >= 15 is 0 Å². The second-order valence-electron chi connectivity index (χ2n) is 6.64. The molecule has 0 aromatic heterocycles. The molecule has 112 valence electrons. The molecule has 1 aliphatic heterocycles. The van der Waals surface area contributed by atoms with Crippen LogP contribution in [0.5, 0.6) is 0 Å². The first-order chi connectivity index (χ1) is 8.24. The Balaban J connectivity index is 0.00000180. The summed E-state index contributed by atoms with van der Waals surface area (Å²) in [5, 5.41) is 0. The monoisotopic (exact) mass is 290 g/mol. The molecule has 3 atom stereocenters. The lowest BCUT2D eigenvalue weighted by Crippen LogP contribution is -2.82. The molecule has 4 nitrogen and oxygen atoms in total. The molecule has 19 heavy (non-hydrogen) atoms. The Labute approximate surface area is 122 Å². The summed E-state index contributed by atoms with van der Waals surface area (Å²) in [6.45, 7) is 8.95. The minimum Gasteiger partial charge on any atom is -0.377 e. The number of nitrogens with zero attached hydrogens (tertiary/aromatic N) is 1. The summed E-state index contributed by atoms with van der Waals surface area (Å²) in [4.78, 5) is 14.5. The van der Waals surface area contributed by atoms with E-state index in [1.807, 2.05) is 20.9 Å². The molecular weight excluding hydrogens is 264 g/mol. The van der Waals surface area contributed by atoms with Gasteiger partial charge in [-0.05, 0) is 26.7 Å². The van der Waals surface area contributed by atoms with Crippen LogP contribution < -0.4 is 5.73 Å². The molecule has 0 radical (unpaired) electrons. The Morgan fingerprint density at radius 2 is 2.00 bits per heavy atom. The van der Waals surface area contributed by atoms with Gasteiger partial charge in [0.05, 0.1) is 6.10 Å². The normalized spacial score (nSPS) is 35.9. The van der Waals surface area contributed by atoms with E-state index in [0.29, 0.717) is 0 Å². The SMILES string of the molecule is CC(C)N(C)C(=O)C1(N)C2CCCOC2C1(C)C.Cl. The smallest absolute Gasteiger partial charge is 0.243 e. The highest BCUT2D eigenvalue weighted by Crippen LogP contribution is 2.57. The van der Waals surface area contributed by atoms with E-state index in [9.17, 15) is 4.79 Å². The second-order valence-corrected chi connectivity index (χ2v) is 6.64. The summed E-state index contributed by atoms with van der Waals surface area (Å²) in [6.07, 6.45) is 2.15. The first-order valence-corrected chi connectivity index (χ1v) is 6.92. The number of hydrogen-bond acceptors (Lipinski definition) is 3. The van der Waals surface area contributed by atoms with Crippen LogP contribution in [0.15, 0.2) is 0 Å². The third-order valence-corrected chi connectivity index (χ3v) is 5.13. The summed E-state index contributed by atoms with van der Waals surface area (Å²) in [7, 11) is 1.84. The average molecular weight is 291 g/mol. The van der Waals surface area contributed by atoms with Gasteiger partial charge in [-0.3, -0.25) is 4.79 Å². The topological polar surface area (TPSA) is 55.6 Å². The fourth-order valence-electron chi connectivity index (χ4n) is 3.54. The van der Waals surface area contributed by atoms with Gasteiger partial charge in [-0.1, -0.05) is 13.8 Å². The van der Waals surface area contributed by atoms with Gasteiger partial charge in [0.2, 0.25) is 5.91 Å². The predicted molar refractivity (Wildman–Crippen MR) is 78.3 cm³/mol. The van der Waals surface area contributed by atoms with Crippen molar-refractivity contribution in [2.75, 3.05) is 13.7 Å². The Morgan fingerprint density at radius 1 is 1.42 bits per heavy atom. The van der Waals surface area contributed by atoms with Crippen LogP contribution in [0.4, 0.5) is 0 Å². The minimum absolute atomic E-state index is 0. The number of carbonyl (C=O) groups excluding carboxylic acids is 1. The van der Waals surface area contributed by atoms with Crippen molar-refractivity contribution < 1.29 is 9.53 Å². The molecule has 0 aromatic rings. The average Bonchev–Trinajstić information content (AvgIpc) is 2.35. The molecule has 1 saturated carbocycles. The van der Waals surface area contributed by atoms with Gasteiger partial charge in [0.1, 0.15) is 5.54 Å². The maximum absolute atomic E-state index is 12.7. The summed E-state index contributed by atoms with van der Waals surface area (Å²) in [6, 6.07) is 0.178. The molecule has 5 heteroatoms. The number of nitrogens with two attached hydrogens (primary N) is 1. The van der Waals surface area contributed by atoms with Crippen molar-refractivity contribution in [3.05, 3.63) is 0 Å². The molecular formula is C14H27ClN2O2. The van der Waals surface area contributed by atoms with Crippen LogP contribution in [0, 0.1) is 11.3 Å². The minimum atomic E-state index is -0.767. The highest BCUT2D eigenvalue weighted by atomic mass is 35.5. The molecule has 2 aliphatic rings. The molecule has 0 bridgehead atoms. The lowest BCUT2D eigenvalue weighted by molar-refractivity contribution is -0.230. The lowest BCUT2D eigenvalue weighted by atomic mass is 9.46. The van der Waals surface area contributed by atoms with E-state index < -0.39 is 5.54 Å². The van der Waals surface area contributed by atoms with Gasteiger partial charge < -0.3 is 15.4 Å². The molecule has 0 spiro atoms. The van der Waals surface area contributed by atoms with Crippen molar-refractivity contribution in [1.29, 1.82) is 0 Å². The first-order valence-electron chi connectivity index (χ1n) is 6.92. The third kappa shape index (κ3) is 2.08. The highest BCUT2D eigenvalue weighted by Gasteiger charge is 2.70. The maximum Gasteiger partial charge on any atom is 0.243 e. The number of hydrogen-bond donors (Lipinski definition) is 1. The molecule has 1 heterocycles. The van der Waals surface area contributed by atoms with E-state index in [-0.39, 0.29) is 41.8 Å². The Hall–Kier alpha value is -0.320. The van der Waals surface area contributed by atoms with Crippen LogP contribution in [0.3, 0.4) is 0 Å². The quantitative estimate of drug-likeness (QED) is 0.844. The Kier molecular flexibility index (Phi) is 4.60. The van der Waals surface area contributed by atoms with Gasteiger partial charge in [-0.2, -0.15) is 0 Å². The van der Waals surface area contributed by atoms with Crippen molar-refractivity contribution in [2.45, 2.75) is 58.2 Å². The van der Waals surface area contributed by atoms with E-state index in [4.69, 9.17) is 10.5 Å². The zero-order chi connectivity index (χ0) is 13.7. The number of fused-ring (bicyclic) bond motifs is 1. The largest absolute Gasteiger partial charge is 0.377 e. The van der Waals surface area contributed by atoms with E-state index in [1.54, 1.807) is 4.90 Å². The summed E-state index contributed by atoms with van der Waals surface area (Å²) in [5.41, 5.74) is 5.50. The highest BCUT2D eigenvalue weighted by molar-refractivity contribution is 5.89. The zero-order valence-electron chi connectivity index (χ0n) is 12.6. The lowest BCUT2D eigenvalue weighted by Gasteiger charge is -2.65. The van der Waals surface area contributed by atoms with Crippen molar-refractivity contribution >= 4 is 18.3 Å². The van der Waals surface area contributed by atoms with Crippen molar-refractivity contribution in [3.8, 4) is 0 Å². The van der Waals surface area contributed by atoms with Crippen molar-refractivity contribution in [1.82, 2.24) is 4.90 Å². The van der Waals surface area contributed by atoms with Gasteiger partial charge in [-0.25, -0.2) is 0 Å². The molecule has 1 aliphatic carbocycles. The van der Waals surface area contributed by atoms with Crippen molar-refractivity contribution in [3.63, 3.8) is 0 Å². The number of ether oxygens (including phenoxy) is 1. The zero-order valence-corrected chi connectivity index (χ0v) is 13.4. The number of carbonyl (C=O) groups is 1. The van der Waals surface area contributed by atoms with Crippen LogP contribution in [-0.2, 0) is 9.53 Å². The second kappa shape index (κ2) is 5.23. The fraction of sp³-hybridized carbons (Fsp3) is 0.929. The van der Waals surface area contributed by atoms with Gasteiger partial charge in [0, 0.05) is 31.0 Å². The number of halogens is 1. The summed E-state index contributed by atoms with van der Waals surface area (Å²) in [5.74, 6) is 0.240. The Bertz CT molecular complexity index is 359. The van der Waals surface area contributed by atoms with E-state index in [2.05, 4.69) is 13.8 Å². The molecule has 0 aromatic carbocycles. The first kappa shape index (κ1) is 16.7. The van der Waals surface area contributed by atoms with Gasteiger partial charge >= 0.3 is 0 Å². The predicted octanol–water partition coefficient (Wildman–Crippen LogP) is 1.81. The van der Waals surface area contributed by atoms with Gasteiger partial charge in [0.25, 0.3) is 0 Å². The third-order valence-electron chi connectivity index (χ3n) is 5.13. The summed E-state index contributed by atoms with van der Waals surface area (Å²) >= 11 is 0. The van der Waals surface area contributed by atoms with Crippen LogP contribution in [0.1, 0.15) is 40.5 Å². The van der Waals surface area contributed by atoms with Crippen molar-refractivity contribution in [2.24, 2.45) is 17.1 Å². The van der Waals surface area contributed by atoms with Crippen LogP contribution in [0.2, 0.25) is 0 Å². The Morgan fingerprint density at radius 3 is 2.53 bits per heavy atom. The summed E-state index contributed by atoms with van der Waals surface area (Å²) < 4.78 is 5.83.